The van der Waals surface area contributed by atoms with Gasteiger partial charge in [-0.1, -0.05) is 32.4 Å². The number of amides is 4. The highest BCUT2D eigenvalue weighted by Crippen LogP contribution is 2.48. The molecule has 16 nitrogen and oxygen atoms in total. The fourth-order valence-corrected chi connectivity index (χ4v) is 9.86. The number of alkyl halides is 6. The van der Waals surface area contributed by atoms with Crippen LogP contribution in [0.15, 0.2) is 48.7 Å². The number of sulfonamides is 1. The van der Waals surface area contributed by atoms with Crippen molar-refractivity contribution in [3.05, 3.63) is 54.4 Å². The van der Waals surface area contributed by atoms with Gasteiger partial charge in [0.1, 0.15) is 35.2 Å². The van der Waals surface area contributed by atoms with Crippen LogP contribution in [0.4, 0.5) is 31.1 Å². The maximum Gasteiger partial charge on any atom is 0.435 e. The lowest BCUT2D eigenvalue weighted by molar-refractivity contribution is -0.244. The molecule has 2 aromatic heterocycles. The third-order valence-corrected chi connectivity index (χ3v) is 15.4. The first kappa shape index (κ1) is 49.3. The number of nitrogens with one attached hydrogen (secondary N) is 3. The van der Waals surface area contributed by atoms with Crippen molar-refractivity contribution in [2.45, 2.75) is 132 Å². The van der Waals surface area contributed by atoms with Gasteiger partial charge in [-0.15, -0.1) is 0 Å². The summed E-state index contributed by atoms with van der Waals surface area (Å²) in [5, 5.41) is 9.12. The van der Waals surface area contributed by atoms with Crippen LogP contribution in [-0.2, 0) is 35.3 Å². The summed E-state index contributed by atoms with van der Waals surface area (Å²) < 4.78 is 128. The van der Waals surface area contributed by atoms with Crippen LogP contribution in [-0.4, -0.2) is 106 Å². The number of carbonyl (C=O) groups is 4. The van der Waals surface area contributed by atoms with E-state index in [2.05, 4.69) is 25.4 Å². The summed E-state index contributed by atoms with van der Waals surface area (Å²) in [5.41, 5.74) is -5.70. The number of carbonyl (C=O) groups excluding carboxylic acids is 4. The second-order valence-corrected chi connectivity index (χ2v) is 20.9. The zero-order valence-electron chi connectivity index (χ0n) is 37.6. The van der Waals surface area contributed by atoms with Crippen LogP contribution >= 0.6 is 0 Å². The van der Waals surface area contributed by atoms with E-state index in [0.29, 0.717) is 57.1 Å². The van der Waals surface area contributed by atoms with E-state index in [1.54, 1.807) is 25.1 Å². The van der Waals surface area contributed by atoms with E-state index < -0.39 is 97.8 Å². The fraction of sp³-hybridized carbons (Fsp3) is 0.591. The number of hydrogen-bond acceptors (Lipinski definition) is 11. The number of aromatic nitrogens is 3. The van der Waals surface area contributed by atoms with Crippen LogP contribution in [0.2, 0.25) is 0 Å². The number of hydrogen-bond donors (Lipinski definition) is 3. The summed E-state index contributed by atoms with van der Waals surface area (Å²) in [7, 11) is -2.77. The largest absolute Gasteiger partial charge is 0.497 e. The maximum atomic E-state index is 15.1. The lowest BCUT2D eigenvalue weighted by Crippen LogP contribution is -2.60. The first-order valence-electron chi connectivity index (χ1n) is 21.9. The van der Waals surface area contributed by atoms with E-state index in [1.807, 2.05) is 13.0 Å². The Morgan fingerprint density at radius 3 is 2.39 bits per heavy atom. The van der Waals surface area contributed by atoms with Crippen LogP contribution in [0.1, 0.15) is 91.7 Å². The molecule has 3 N–H and O–H groups in total. The van der Waals surface area contributed by atoms with E-state index in [9.17, 15) is 49.1 Å². The van der Waals surface area contributed by atoms with Gasteiger partial charge in [0.25, 0.3) is 5.91 Å². The number of methoxy groups -OCH3 is 1. The quantitative estimate of drug-likeness (QED) is 0.148. The molecule has 2 saturated carbocycles. The molecule has 1 aromatic carbocycles. The van der Waals surface area contributed by atoms with Gasteiger partial charge < -0.3 is 29.7 Å². The van der Waals surface area contributed by atoms with Crippen molar-refractivity contribution in [3.8, 4) is 17.3 Å². The van der Waals surface area contributed by atoms with Gasteiger partial charge in [-0.05, 0) is 89.3 Å². The predicted octanol–water partition coefficient (Wildman–Crippen LogP) is 6.51. The molecule has 23 heteroatoms. The van der Waals surface area contributed by atoms with Gasteiger partial charge in [-0.3, -0.25) is 19.1 Å². The minimum atomic E-state index is -4.98. The first-order valence-corrected chi connectivity index (χ1v) is 23.4. The highest BCUT2D eigenvalue weighted by Gasteiger charge is 2.63. The molecular weight excluding hydrogens is 917 g/mol. The Balaban J connectivity index is 1.28. The molecule has 1 saturated heterocycles. The minimum absolute atomic E-state index is 0.0190. The summed E-state index contributed by atoms with van der Waals surface area (Å²) in [5.74, 6) is -3.90. The Bertz CT molecular complexity index is 2560. The van der Waals surface area contributed by atoms with Crippen LogP contribution < -0.4 is 24.8 Å². The molecule has 7 atom stereocenters. The zero-order chi connectivity index (χ0) is 49.1. The predicted molar refractivity (Wildman–Crippen MR) is 228 cm³/mol. The van der Waals surface area contributed by atoms with Crippen molar-refractivity contribution in [3.63, 3.8) is 0 Å². The van der Waals surface area contributed by atoms with Crippen molar-refractivity contribution in [1.29, 1.82) is 0 Å². The number of rotatable bonds is 10. The Morgan fingerprint density at radius 1 is 1.04 bits per heavy atom. The highest BCUT2D eigenvalue weighted by atomic mass is 32.2. The molecule has 67 heavy (non-hydrogen) atoms. The number of halogens is 6. The van der Waals surface area contributed by atoms with Gasteiger partial charge in [-0.25, -0.2) is 22.9 Å². The van der Waals surface area contributed by atoms with Crippen molar-refractivity contribution in [2.75, 3.05) is 13.7 Å². The molecule has 3 fully saturated rings. The van der Waals surface area contributed by atoms with Crippen molar-refractivity contribution in [1.82, 2.24) is 35.0 Å². The molecule has 2 aliphatic heterocycles. The fourth-order valence-electron chi connectivity index (χ4n) is 8.55. The van der Waals surface area contributed by atoms with Crippen LogP contribution in [0.25, 0.3) is 16.7 Å². The SMILES string of the molecule is CC[C@@H]1C[C@H](C)CC/C=C\[C@@H]2C[C@@]2(C(=O)NS(=O)(=O)C2(C)CC2)NC(=O)[C@@H]2C[C@@H](Oc3cc(-n4ccc(C(F)(F)F)n4)nc4cc(OC)ccc34)CN2C(=O)[C@H]1NC(=O)OC(C)(C)C(F)(F)F. The molecule has 0 spiro atoms. The number of fused-ring (bicyclic) bond motifs is 3. The minimum Gasteiger partial charge on any atom is -0.497 e. The number of nitrogens with zero attached hydrogens (tertiary/aromatic N) is 4. The van der Waals surface area contributed by atoms with Crippen molar-refractivity contribution in [2.24, 2.45) is 17.8 Å². The van der Waals surface area contributed by atoms with Gasteiger partial charge in [0.2, 0.25) is 27.4 Å². The number of benzene rings is 1. The molecule has 3 aromatic rings. The van der Waals surface area contributed by atoms with Crippen LogP contribution in [0.3, 0.4) is 0 Å². The molecule has 7 rings (SSSR count). The third-order valence-electron chi connectivity index (χ3n) is 13.3. The third kappa shape index (κ3) is 10.2. The molecule has 0 unspecified atom stereocenters. The van der Waals surface area contributed by atoms with E-state index in [0.717, 1.165) is 21.8 Å². The summed E-state index contributed by atoms with van der Waals surface area (Å²) in [4.78, 5) is 62.9. The standard InChI is InChI=1S/C44H53F6N7O9S/c1-7-25-18-24(2)10-8-9-11-26-22-42(26,38(60)55-67(62,63)41(5)15-16-41)53-36(58)31-20-28(23-56(31)37(59)35(25)52-39(61)66-40(3,4)44(48,49)50)65-32-21-34(57-17-14-33(54-57)43(45,46)47)51-30-19-27(64-6)12-13-29(30)32/h9,11-14,17,19,21,24-26,28,31,35H,7-8,10,15-16,18,20,22-23H2,1-6H3,(H,52,61)(H,53,58)(H,55,60)/b11-9-/t24-,25-,26-,28-,31+,35+,42-/m1/s1. The number of pyridine rings is 1. The van der Waals surface area contributed by atoms with Crippen LogP contribution in [0, 0.1) is 17.8 Å². The maximum absolute atomic E-state index is 15.1. The molecule has 0 bridgehead atoms. The molecule has 4 aliphatic rings. The van der Waals surface area contributed by atoms with Gasteiger partial charge in [-0.2, -0.15) is 31.4 Å². The number of ether oxygens (including phenoxy) is 3. The second-order valence-electron chi connectivity index (χ2n) is 18.7. The van der Waals surface area contributed by atoms with E-state index in [-0.39, 0.29) is 48.8 Å². The lowest BCUT2D eigenvalue weighted by Gasteiger charge is -2.35. The Morgan fingerprint density at radius 2 is 1.76 bits per heavy atom. The normalized spacial score (nSPS) is 27.4. The Hall–Kier alpha value is -5.61. The molecule has 366 valence electrons. The van der Waals surface area contributed by atoms with Crippen molar-refractivity contribution < 1.29 is 68.1 Å². The van der Waals surface area contributed by atoms with E-state index in [1.165, 1.54) is 26.2 Å². The van der Waals surface area contributed by atoms with Gasteiger partial charge in [0, 0.05) is 36.1 Å². The number of allylic oxidation sites excluding steroid dienone is 1. The van der Waals surface area contributed by atoms with E-state index in [4.69, 9.17) is 14.2 Å². The van der Waals surface area contributed by atoms with Crippen LogP contribution in [0.5, 0.6) is 11.5 Å². The van der Waals surface area contributed by atoms with Gasteiger partial charge >= 0.3 is 18.4 Å². The zero-order valence-corrected chi connectivity index (χ0v) is 38.4. The second kappa shape index (κ2) is 17.8. The molecule has 2 aliphatic carbocycles. The Kier molecular flexibility index (Phi) is 13.1. The highest BCUT2D eigenvalue weighted by molar-refractivity contribution is 7.91. The molecule has 0 radical (unpaired) electrons. The monoisotopic (exact) mass is 969 g/mol. The number of alkyl carbamates (subject to hydrolysis) is 1. The average molecular weight is 970 g/mol. The molecule has 4 heterocycles. The van der Waals surface area contributed by atoms with Crippen molar-refractivity contribution >= 4 is 44.7 Å². The molecule has 4 amide bonds. The smallest absolute Gasteiger partial charge is 0.435 e. The van der Waals surface area contributed by atoms with E-state index >= 15 is 4.79 Å². The molecular formula is C44H53F6N7O9S. The van der Waals surface area contributed by atoms with Gasteiger partial charge in [0.05, 0.1) is 23.9 Å². The summed E-state index contributed by atoms with van der Waals surface area (Å²) >= 11 is 0. The summed E-state index contributed by atoms with van der Waals surface area (Å²) in [6.45, 7) is 6.07. The topological polar surface area (TPSA) is 200 Å². The summed E-state index contributed by atoms with van der Waals surface area (Å²) in [6, 6.07) is 3.72. The first-order chi connectivity index (χ1) is 31.2. The summed E-state index contributed by atoms with van der Waals surface area (Å²) in [6.07, 6.45) is -5.80. The Labute approximate surface area is 382 Å². The van der Waals surface area contributed by atoms with Gasteiger partial charge in [0.15, 0.2) is 11.5 Å². The lowest BCUT2D eigenvalue weighted by atomic mass is 9.85. The average Bonchev–Trinajstić information content (AvgIpc) is 4.01.